The monoisotopic (exact) mass is 365 g/mol. The highest BCUT2D eigenvalue weighted by Gasteiger charge is 2.51. The number of halogens is 2. The van der Waals surface area contributed by atoms with Gasteiger partial charge in [0.25, 0.3) is 0 Å². The lowest BCUT2D eigenvalue weighted by Crippen LogP contribution is -2.41. The van der Waals surface area contributed by atoms with Crippen molar-refractivity contribution in [3.8, 4) is 0 Å². The third-order valence-electron chi connectivity index (χ3n) is 4.41. The summed E-state index contributed by atoms with van der Waals surface area (Å²) < 4.78 is 12.1. The molecular weight excluding hydrogens is 348 g/mol. The molecule has 1 N–H and O–H groups in total. The van der Waals surface area contributed by atoms with Gasteiger partial charge in [0.15, 0.2) is 5.82 Å². The molecule has 126 valence electrons. The summed E-state index contributed by atoms with van der Waals surface area (Å²) in [6.45, 7) is 8.13. The highest BCUT2D eigenvalue weighted by Crippen LogP contribution is 2.36. The Hall–Kier alpha value is -1.34. The highest BCUT2D eigenvalue weighted by atomic mass is 35.5. The van der Waals surface area contributed by atoms with Crippen molar-refractivity contribution >= 4 is 47.3 Å². The molecule has 5 nitrogen and oxygen atoms in total. The summed E-state index contributed by atoms with van der Waals surface area (Å²) in [6.07, 6.45) is 1.46. The third kappa shape index (κ3) is 3.37. The number of hydrogen-bond donors (Lipinski definition) is 1. The van der Waals surface area contributed by atoms with Crippen LogP contribution in [0.4, 0.5) is 11.5 Å². The molecule has 3 rings (SSSR count). The van der Waals surface area contributed by atoms with Gasteiger partial charge in [0.05, 0.1) is 17.4 Å². The first-order valence-corrected chi connectivity index (χ1v) is 8.34. The molecule has 0 saturated carbocycles. The quantitative estimate of drug-likeness (QED) is 0.661. The van der Waals surface area contributed by atoms with Crippen LogP contribution in [0.3, 0.4) is 0 Å². The van der Waals surface area contributed by atoms with Gasteiger partial charge in [-0.1, -0.05) is 23.7 Å². The minimum Gasteiger partial charge on any atom is -0.399 e. The molecule has 8 heteroatoms. The second-order valence-electron chi connectivity index (χ2n) is 6.67. The van der Waals surface area contributed by atoms with Crippen LogP contribution in [0, 0.1) is 0 Å². The molecule has 24 heavy (non-hydrogen) atoms. The van der Waals surface area contributed by atoms with E-state index in [1.807, 2.05) is 52.0 Å². The number of nitrogens with zero attached hydrogens (tertiary/aromatic N) is 2. The predicted octanol–water partition coefficient (Wildman–Crippen LogP) is 3.83. The first kappa shape index (κ1) is 17.5. The molecule has 1 saturated heterocycles. The SMILES string of the molecule is CC1(C)OB(c2ccc(Nc3nc(Cl)ncc3Cl)cc2)OC1(C)C. The summed E-state index contributed by atoms with van der Waals surface area (Å²) in [5.41, 5.74) is 1.05. The Morgan fingerprint density at radius 1 is 1.00 bits per heavy atom. The maximum atomic E-state index is 6.06. The van der Waals surface area contributed by atoms with Gasteiger partial charge in [0, 0.05) is 5.69 Å². The Bertz CT molecular complexity index is 737. The summed E-state index contributed by atoms with van der Waals surface area (Å²) in [4.78, 5) is 7.89. The fourth-order valence-electron chi connectivity index (χ4n) is 2.27. The molecule has 1 aromatic carbocycles. The fourth-order valence-corrected chi connectivity index (χ4v) is 2.54. The molecule has 0 unspecified atom stereocenters. The summed E-state index contributed by atoms with van der Waals surface area (Å²) in [6, 6.07) is 7.71. The Labute approximate surface area is 151 Å². The molecule has 1 aromatic heterocycles. The topological polar surface area (TPSA) is 56.3 Å². The van der Waals surface area contributed by atoms with Crippen LogP contribution in [0.5, 0.6) is 0 Å². The molecule has 0 bridgehead atoms. The van der Waals surface area contributed by atoms with Gasteiger partial charge < -0.3 is 14.6 Å². The van der Waals surface area contributed by atoms with Crippen LogP contribution >= 0.6 is 23.2 Å². The minimum atomic E-state index is -0.388. The van der Waals surface area contributed by atoms with E-state index in [0.717, 1.165) is 11.2 Å². The maximum Gasteiger partial charge on any atom is 0.494 e. The molecule has 1 aliphatic heterocycles. The van der Waals surface area contributed by atoms with E-state index in [2.05, 4.69) is 15.3 Å². The van der Waals surface area contributed by atoms with E-state index in [1.54, 1.807) is 0 Å². The average molecular weight is 366 g/mol. The van der Waals surface area contributed by atoms with E-state index in [4.69, 9.17) is 32.5 Å². The normalized spacial score (nSPS) is 18.7. The molecule has 0 atom stereocenters. The third-order valence-corrected chi connectivity index (χ3v) is 4.87. The van der Waals surface area contributed by atoms with Crippen LogP contribution in [0.25, 0.3) is 0 Å². The zero-order valence-electron chi connectivity index (χ0n) is 13.9. The minimum absolute atomic E-state index is 0.135. The lowest BCUT2D eigenvalue weighted by atomic mass is 9.79. The molecule has 0 aliphatic carbocycles. The standard InChI is InChI=1S/C16H18BCl2N3O2/c1-15(2)16(3,4)24-17(23-15)10-5-7-11(8-6-10)21-13-12(18)9-20-14(19)22-13/h5-9H,1-4H3,(H,20,21,22). The Kier molecular flexibility index (Phi) is 4.51. The number of benzene rings is 1. The second-order valence-corrected chi connectivity index (χ2v) is 7.42. The van der Waals surface area contributed by atoms with E-state index in [-0.39, 0.29) is 23.6 Å². The molecular formula is C16H18BCl2N3O2. The van der Waals surface area contributed by atoms with Gasteiger partial charge in [0.1, 0.15) is 5.02 Å². The van der Waals surface area contributed by atoms with Crippen molar-refractivity contribution in [3.05, 3.63) is 40.8 Å². The lowest BCUT2D eigenvalue weighted by molar-refractivity contribution is 0.00578. The van der Waals surface area contributed by atoms with Crippen molar-refractivity contribution in [2.75, 3.05) is 5.32 Å². The summed E-state index contributed by atoms with van der Waals surface area (Å²) in [5.74, 6) is 0.458. The van der Waals surface area contributed by atoms with Gasteiger partial charge in [-0.2, -0.15) is 4.98 Å². The molecule has 1 aliphatic rings. The van der Waals surface area contributed by atoms with Crippen molar-refractivity contribution in [1.29, 1.82) is 0 Å². The van der Waals surface area contributed by atoms with E-state index >= 15 is 0 Å². The number of aromatic nitrogens is 2. The smallest absolute Gasteiger partial charge is 0.399 e. The molecule has 2 aromatic rings. The van der Waals surface area contributed by atoms with Gasteiger partial charge in [-0.3, -0.25) is 0 Å². The average Bonchev–Trinajstić information content (AvgIpc) is 2.72. The number of anilines is 2. The van der Waals surface area contributed by atoms with Crippen molar-refractivity contribution in [2.45, 2.75) is 38.9 Å². The highest BCUT2D eigenvalue weighted by molar-refractivity contribution is 6.62. The molecule has 0 spiro atoms. The van der Waals surface area contributed by atoms with Crippen LogP contribution in [0.1, 0.15) is 27.7 Å². The van der Waals surface area contributed by atoms with Crippen molar-refractivity contribution < 1.29 is 9.31 Å². The van der Waals surface area contributed by atoms with Crippen LogP contribution < -0.4 is 10.8 Å². The number of hydrogen-bond acceptors (Lipinski definition) is 5. The largest absolute Gasteiger partial charge is 0.494 e. The summed E-state index contributed by atoms with van der Waals surface area (Å²) >= 11 is 11.9. The molecule has 0 amide bonds. The van der Waals surface area contributed by atoms with Crippen molar-refractivity contribution in [3.63, 3.8) is 0 Å². The summed E-state index contributed by atoms with van der Waals surface area (Å²) in [5, 5.41) is 3.65. The zero-order chi connectivity index (χ0) is 17.5. The van der Waals surface area contributed by atoms with E-state index in [1.165, 1.54) is 6.20 Å². The van der Waals surface area contributed by atoms with Gasteiger partial charge >= 0.3 is 7.12 Å². The van der Waals surface area contributed by atoms with Gasteiger partial charge in [-0.15, -0.1) is 0 Å². The first-order valence-electron chi connectivity index (χ1n) is 7.59. The molecule has 1 fully saturated rings. The number of nitrogens with one attached hydrogen (secondary N) is 1. The maximum absolute atomic E-state index is 6.06. The van der Waals surface area contributed by atoms with Crippen LogP contribution in [-0.4, -0.2) is 28.3 Å². The first-order chi connectivity index (χ1) is 11.2. The number of rotatable bonds is 3. The van der Waals surface area contributed by atoms with E-state index in [9.17, 15) is 0 Å². The van der Waals surface area contributed by atoms with E-state index in [0.29, 0.717) is 10.8 Å². The van der Waals surface area contributed by atoms with Crippen LogP contribution in [-0.2, 0) is 9.31 Å². The zero-order valence-corrected chi connectivity index (χ0v) is 15.4. The van der Waals surface area contributed by atoms with Crippen molar-refractivity contribution in [2.24, 2.45) is 0 Å². The second kappa shape index (κ2) is 6.19. The lowest BCUT2D eigenvalue weighted by Gasteiger charge is -2.32. The van der Waals surface area contributed by atoms with Crippen LogP contribution in [0.2, 0.25) is 10.3 Å². The Balaban J connectivity index is 1.76. The predicted molar refractivity (Wildman–Crippen MR) is 97.5 cm³/mol. The van der Waals surface area contributed by atoms with E-state index < -0.39 is 0 Å². The Morgan fingerprint density at radius 2 is 1.58 bits per heavy atom. The van der Waals surface area contributed by atoms with Gasteiger partial charge in [0.2, 0.25) is 5.28 Å². The molecule has 2 heterocycles. The molecule has 0 radical (unpaired) electrons. The summed E-state index contributed by atoms with van der Waals surface area (Å²) in [7, 11) is -0.388. The van der Waals surface area contributed by atoms with Crippen LogP contribution in [0.15, 0.2) is 30.5 Å². The Morgan fingerprint density at radius 3 is 2.17 bits per heavy atom. The van der Waals surface area contributed by atoms with Crippen molar-refractivity contribution in [1.82, 2.24) is 9.97 Å². The fraction of sp³-hybridized carbons (Fsp3) is 0.375. The van der Waals surface area contributed by atoms with Gasteiger partial charge in [-0.25, -0.2) is 4.98 Å². The van der Waals surface area contributed by atoms with Gasteiger partial charge in [-0.05, 0) is 56.9 Å².